The molecule has 0 amide bonds. The van der Waals surface area contributed by atoms with E-state index in [4.69, 9.17) is 4.74 Å². The van der Waals surface area contributed by atoms with E-state index in [-0.39, 0.29) is 5.56 Å². The lowest BCUT2D eigenvalue weighted by Gasteiger charge is -2.24. The van der Waals surface area contributed by atoms with Crippen LogP contribution in [0, 0.1) is 0 Å². The summed E-state index contributed by atoms with van der Waals surface area (Å²) < 4.78 is 50.4. The first kappa shape index (κ1) is 32.1. The van der Waals surface area contributed by atoms with Crippen LogP contribution in [0.1, 0.15) is 5.56 Å². The largest absolute Gasteiger partial charge is 0.457 e. The molecule has 1 aliphatic rings. The molecule has 0 saturated heterocycles. The molecule has 0 atom stereocenters. The normalized spacial score (nSPS) is 11.7. The molecule has 8 aromatic rings. The molecule has 0 unspecified atom stereocenters. The maximum absolute atomic E-state index is 14.7. The van der Waals surface area contributed by atoms with Crippen LogP contribution in [0.5, 0.6) is 11.5 Å². The van der Waals surface area contributed by atoms with Crippen LogP contribution in [0.3, 0.4) is 0 Å². The molecule has 9 rings (SSSR count). The van der Waals surface area contributed by atoms with Crippen molar-refractivity contribution >= 4 is 0 Å². The van der Waals surface area contributed by atoms with Gasteiger partial charge in [0.25, 0.3) is 0 Å². The molecule has 3 nitrogen and oxygen atoms in total. The van der Waals surface area contributed by atoms with E-state index in [0.717, 1.165) is 62.0 Å². The monoisotopic (exact) mass is 694 g/mol. The lowest BCUT2D eigenvalue weighted by Crippen LogP contribution is -2.08. The highest BCUT2D eigenvalue weighted by molar-refractivity contribution is 6.03. The predicted octanol–water partition coefficient (Wildman–Crippen LogP) is 13.3. The van der Waals surface area contributed by atoms with Gasteiger partial charge in [-0.2, -0.15) is 13.2 Å². The van der Waals surface area contributed by atoms with Gasteiger partial charge in [0.2, 0.25) is 0 Å². The number of alkyl halides is 3. The predicted molar refractivity (Wildman–Crippen MR) is 205 cm³/mol. The molecule has 6 heteroatoms. The molecule has 6 aromatic carbocycles. The van der Waals surface area contributed by atoms with E-state index in [1.54, 1.807) is 18.3 Å². The van der Waals surface area contributed by atoms with E-state index < -0.39 is 11.7 Å². The quantitative estimate of drug-likeness (QED) is 0.180. The summed E-state index contributed by atoms with van der Waals surface area (Å²) in [5.74, 6) is 1.14. The van der Waals surface area contributed by atoms with Crippen molar-refractivity contribution in [3.05, 3.63) is 182 Å². The highest BCUT2D eigenvalue weighted by Crippen LogP contribution is 2.49. The zero-order chi connectivity index (χ0) is 35.9. The molecule has 0 saturated carbocycles. The van der Waals surface area contributed by atoms with Crippen molar-refractivity contribution in [2.45, 2.75) is 6.18 Å². The van der Waals surface area contributed by atoms with Gasteiger partial charge >= 0.3 is 6.18 Å². The van der Waals surface area contributed by atoms with Crippen molar-refractivity contribution in [2.24, 2.45) is 0 Å². The van der Waals surface area contributed by atoms with Gasteiger partial charge in [-0.05, 0) is 104 Å². The maximum atomic E-state index is 14.7. The van der Waals surface area contributed by atoms with Gasteiger partial charge in [-0.15, -0.1) is 0 Å². The van der Waals surface area contributed by atoms with Crippen LogP contribution in [0.15, 0.2) is 176 Å². The lowest BCUT2D eigenvalue weighted by molar-refractivity contribution is -0.137. The van der Waals surface area contributed by atoms with Crippen molar-refractivity contribution in [1.82, 2.24) is 9.97 Å². The fourth-order valence-corrected chi connectivity index (χ4v) is 7.21. The van der Waals surface area contributed by atoms with Crippen LogP contribution in [0.25, 0.3) is 78.1 Å². The Morgan fingerprint density at radius 1 is 0.377 bits per heavy atom. The van der Waals surface area contributed by atoms with Crippen molar-refractivity contribution in [2.75, 3.05) is 0 Å². The van der Waals surface area contributed by atoms with Gasteiger partial charge in [-0.1, -0.05) is 115 Å². The molecule has 1 aliphatic carbocycles. The second-order valence-corrected chi connectivity index (χ2v) is 12.9. The van der Waals surface area contributed by atoms with Crippen LogP contribution < -0.4 is 4.74 Å². The van der Waals surface area contributed by atoms with E-state index >= 15 is 0 Å². The SMILES string of the molecule is FC(F)(F)c1cnc(-c2cccc(Oc3cccc(-c4ccccn4)c3)c2)cc1-c1ccc2c(c1)-c1ccccc1-c1ccccc1-c1ccccc1-2. The third-order valence-electron chi connectivity index (χ3n) is 9.64. The number of pyridine rings is 2. The summed E-state index contributed by atoms with van der Waals surface area (Å²) >= 11 is 0. The Bertz CT molecular complexity index is 2640. The minimum Gasteiger partial charge on any atom is -0.457 e. The molecule has 2 heterocycles. The minimum atomic E-state index is -4.63. The van der Waals surface area contributed by atoms with Crippen LogP contribution in [-0.4, -0.2) is 9.97 Å². The third kappa shape index (κ3) is 6.04. The number of fused-ring (bicyclic) bond motifs is 8. The lowest BCUT2D eigenvalue weighted by atomic mass is 9.80. The standard InChI is InChI=1S/C47H29F3N2O/c48-47(49,50)44-29-52-46(32-12-10-14-34(26-32)53-33-13-9-11-31(25-33)45-21-7-8-24-51-45)28-42(44)30-22-23-41-39-19-4-3-17-37(39)35-15-1-2-16-36(35)38-18-5-6-20-40(38)43(41)27-30/h1-29H. The van der Waals surface area contributed by atoms with E-state index in [2.05, 4.69) is 40.3 Å². The average Bonchev–Trinajstić information content (AvgIpc) is 3.20. The van der Waals surface area contributed by atoms with Gasteiger partial charge in [-0.3, -0.25) is 9.97 Å². The van der Waals surface area contributed by atoms with Crippen LogP contribution in [0.4, 0.5) is 13.2 Å². The van der Waals surface area contributed by atoms with Crippen molar-refractivity contribution < 1.29 is 17.9 Å². The summed E-state index contributed by atoms with van der Waals surface area (Å²) in [6, 6.07) is 52.3. The zero-order valence-corrected chi connectivity index (χ0v) is 28.2. The molecule has 0 spiro atoms. The number of benzene rings is 6. The Labute approximate surface area is 304 Å². The average molecular weight is 695 g/mol. The fourth-order valence-electron chi connectivity index (χ4n) is 7.21. The fraction of sp³-hybridized carbons (Fsp3) is 0.0213. The Kier molecular flexibility index (Phi) is 7.93. The summed E-state index contributed by atoms with van der Waals surface area (Å²) in [5, 5.41) is 0. The second kappa shape index (κ2) is 13.1. The maximum Gasteiger partial charge on any atom is 0.418 e. The number of aromatic nitrogens is 2. The molecule has 0 radical (unpaired) electrons. The molecular formula is C47H29F3N2O. The summed E-state index contributed by atoms with van der Waals surface area (Å²) in [7, 11) is 0. The topological polar surface area (TPSA) is 35.0 Å². The molecule has 53 heavy (non-hydrogen) atoms. The van der Waals surface area contributed by atoms with E-state index in [9.17, 15) is 13.2 Å². The first-order chi connectivity index (χ1) is 25.9. The number of nitrogens with zero attached hydrogens (tertiary/aromatic N) is 2. The van der Waals surface area contributed by atoms with Gasteiger partial charge in [-0.25, -0.2) is 0 Å². The Morgan fingerprint density at radius 2 is 0.887 bits per heavy atom. The van der Waals surface area contributed by atoms with Gasteiger partial charge in [0.1, 0.15) is 11.5 Å². The number of rotatable bonds is 5. The summed E-state index contributed by atoms with van der Waals surface area (Å²) in [4.78, 5) is 8.75. The van der Waals surface area contributed by atoms with Gasteiger partial charge in [0, 0.05) is 23.5 Å². The highest BCUT2D eigenvalue weighted by atomic mass is 19.4. The summed E-state index contributed by atoms with van der Waals surface area (Å²) in [5.41, 5.74) is 10.5. The first-order valence-corrected chi connectivity index (χ1v) is 17.2. The third-order valence-corrected chi connectivity index (χ3v) is 9.64. The van der Waals surface area contributed by atoms with E-state index in [1.165, 1.54) is 6.07 Å². The van der Waals surface area contributed by atoms with Crippen LogP contribution in [-0.2, 0) is 6.18 Å². The van der Waals surface area contributed by atoms with Gasteiger partial charge in [0.15, 0.2) is 0 Å². The molecule has 0 aliphatic heterocycles. The Hall–Kier alpha value is -6.79. The van der Waals surface area contributed by atoms with Gasteiger partial charge < -0.3 is 4.74 Å². The number of halogens is 3. The molecule has 254 valence electrons. The number of hydrogen-bond acceptors (Lipinski definition) is 3. The number of hydrogen-bond donors (Lipinski definition) is 0. The van der Waals surface area contributed by atoms with E-state index in [0.29, 0.717) is 28.3 Å². The van der Waals surface area contributed by atoms with Crippen molar-refractivity contribution in [1.29, 1.82) is 0 Å². The van der Waals surface area contributed by atoms with E-state index in [1.807, 2.05) is 115 Å². The van der Waals surface area contributed by atoms with Crippen molar-refractivity contribution in [3.8, 4) is 89.6 Å². The molecule has 0 bridgehead atoms. The molecular weight excluding hydrogens is 666 g/mol. The Balaban J connectivity index is 1.15. The Morgan fingerprint density at radius 3 is 1.42 bits per heavy atom. The molecule has 0 fully saturated rings. The van der Waals surface area contributed by atoms with Crippen LogP contribution in [0.2, 0.25) is 0 Å². The second-order valence-electron chi connectivity index (χ2n) is 12.9. The molecule has 2 aromatic heterocycles. The highest BCUT2D eigenvalue weighted by Gasteiger charge is 2.35. The summed E-state index contributed by atoms with van der Waals surface area (Å²) in [6.45, 7) is 0. The van der Waals surface area contributed by atoms with Crippen molar-refractivity contribution in [3.63, 3.8) is 0 Å². The smallest absolute Gasteiger partial charge is 0.418 e. The number of ether oxygens (including phenoxy) is 1. The molecule has 0 N–H and O–H groups in total. The van der Waals surface area contributed by atoms with Crippen LogP contribution >= 0.6 is 0 Å². The minimum absolute atomic E-state index is 0.0490. The first-order valence-electron chi connectivity index (χ1n) is 17.2. The summed E-state index contributed by atoms with van der Waals surface area (Å²) in [6.07, 6.45) is -1.95. The van der Waals surface area contributed by atoms with Gasteiger partial charge in [0.05, 0.1) is 17.0 Å². The zero-order valence-electron chi connectivity index (χ0n) is 28.2.